The van der Waals surface area contributed by atoms with E-state index in [2.05, 4.69) is 22.0 Å². The number of nitrogens with two attached hydrogens (primary N) is 1. The van der Waals surface area contributed by atoms with Crippen LogP contribution in [0.15, 0.2) is 16.9 Å². The van der Waals surface area contributed by atoms with Gasteiger partial charge in [0.2, 0.25) is 5.89 Å². The number of aromatic nitrogens is 2. The average Bonchev–Trinajstić information content (AvgIpc) is 2.80. The fraction of sp³-hybridized carbons (Fsp3) is 0.333. The summed E-state index contributed by atoms with van der Waals surface area (Å²) in [5.41, 5.74) is 5.26. The Kier molecular flexibility index (Phi) is 4.83. The van der Waals surface area contributed by atoms with Gasteiger partial charge in [0.05, 0.1) is 13.1 Å². The maximum absolute atomic E-state index is 11.4. The fourth-order valence-electron chi connectivity index (χ4n) is 1.07. The van der Waals surface area contributed by atoms with E-state index in [9.17, 15) is 9.59 Å². The molecule has 0 radical (unpaired) electrons. The lowest BCUT2D eigenvalue weighted by atomic mass is 10.2. The van der Waals surface area contributed by atoms with E-state index in [1.165, 1.54) is 0 Å². The molecular weight excluding hydrogens is 258 g/mol. The van der Waals surface area contributed by atoms with Crippen LogP contribution < -0.4 is 16.4 Å². The summed E-state index contributed by atoms with van der Waals surface area (Å²) in [5, 5.41) is 25.4. The number of carboxylic acids is 1. The first-order valence-electron chi connectivity index (χ1n) is 5.10. The van der Waals surface area contributed by atoms with Crippen LogP contribution in [0.1, 0.15) is 11.7 Å². The first-order valence-corrected chi connectivity index (χ1v) is 5.10. The number of carbonyl (C=O) groups is 2. The van der Waals surface area contributed by atoms with Gasteiger partial charge in [-0.05, 0) is 0 Å². The van der Waals surface area contributed by atoms with Crippen LogP contribution >= 0.6 is 0 Å². The lowest BCUT2D eigenvalue weighted by Crippen LogP contribution is -2.46. The second kappa shape index (κ2) is 6.35. The van der Waals surface area contributed by atoms with Crippen molar-refractivity contribution in [2.45, 2.75) is 19.1 Å². The van der Waals surface area contributed by atoms with E-state index < -0.39 is 23.8 Å². The number of hydrogen-bond acceptors (Lipinski definition) is 7. The van der Waals surface area contributed by atoms with E-state index >= 15 is 0 Å². The minimum atomic E-state index is -1.60. The molecule has 0 aromatic carbocycles. The highest BCUT2D eigenvalue weighted by atomic mass is 16.5. The number of aliphatic hydroxyl groups is 1. The molecule has 0 aliphatic rings. The van der Waals surface area contributed by atoms with Gasteiger partial charge >= 0.3 is 12.0 Å². The number of aliphatic hydroxyl groups excluding tert-OH is 1. The number of carboxylic acid groups (broad SMARTS) is 1. The molecule has 2 amide bonds. The summed E-state index contributed by atoms with van der Waals surface area (Å²) >= 11 is 0. The van der Waals surface area contributed by atoms with Crippen LogP contribution in [0.5, 0.6) is 0 Å². The second-order valence-corrected chi connectivity index (χ2v) is 3.40. The third-order valence-corrected chi connectivity index (χ3v) is 1.95. The summed E-state index contributed by atoms with van der Waals surface area (Å²) in [7, 11) is 0. The van der Waals surface area contributed by atoms with Crippen LogP contribution in [-0.2, 0) is 17.9 Å². The lowest BCUT2D eigenvalue weighted by molar-refractivity contribution is -0.138. The smallest absolute Gasteiger partial charge is 0.334 e. The fourth-order valence-corrected chi connectivity index (χ4v) is 1.07. The maximum atomic E-state index is 11.4. The van der Waals surface area contributed by atoms with Gasteiger partial charge in [-0.25, -0.2) is 9.59 Å². The van der Waals surface area contributed by atoms with Gasteiger partial charge in [0.15, 0.2) is 11.9 Å². The zero-order chi connectivity index (χ0) is 14.4. The number of urea groups is 1. The summed E-state index contributed by atoms with van der Waals surface area (Å²) < 4.78 is 4.74. The van der Waals surface area contributed by atoms with Gasteiger partial charge in [0, 0.05) is 0 Å². The molecule has 10 heteroatoms. The predicted molar refractivity (Wildman–Crippen MR) is 60.8 cm³/mol. The van der Waals surface area contributed by atoms with Gasteiger partial charge in [-0.1, -0.05) is 11.7 Å². The Bertz CT molecular complexity index is 471. The quantitative estimate of drug-likeness (QED) is 0.405. The molecule has 0 aliphatic carbocycles. The summed E-state index contributed by atoms with van der Waals surface area (Å²) in [4.78, 5) is 25.9. The lowest BCUT2D eigenvalue weighted by Gasteiger charge is -2.12. The van der Waals surface area contributed by atoms with E-state index in [0.717, 1.165) is 0 Å². The van der Waals surface area contributed by atoms with Gasteiger partial charge in [-0.15, -0.1) is 0 Å². The predicted octanol–water partition coefficient (Wildman–Crippen LogP) is -1.15. The molecule has 1 aromatic rings. The number of rotatable bonds is 6. The summed E-state index contributed by atoms with van der Waals surface area (Å²) in [6, 6.07) is -2.43. The van der Waals surface area contributed by atoms with Gasteiger partial charge in [-0.3, -0.25) is 0 Å². The number of nitrogens with zero attached hydrogens (tertiary/aromatic N) is 2. The van der Waals surface area contributed by atoms with Crippen molar-refractivity contribution >= 4 is 12.0 Å². The molecule has 104 valence electrons. The molecule has 1 rings (SSSR count). The molecule has 0 saturated heterocycles. The molecule has 1 atom stereocenters. The van der Waals surface area contributed by atoms with Crippen molar-refractivity contribution in [1.29, 1.82) is 0 Å². The molecule has 6 N–H and O–H groups in total. The molecule has 0 aliphatic heterocycles. The molecule has 0 saturated carbocycles. The number of carbonyl (C=O) groups excluding carboxylic acids is 1. The number of aliphatic carboxylic acids is 1. The molecule has 0 fully saturated rings. The standard InChI is InChI=1S/C9H13N5O5/c1-4(15)7(8(16)17)13-9(18)11-3-6-12-5(2-10)14-19-6/h7,15H,1-3,10H2,(H,16,17)(H2,11,13,18)/t7-/m0/s1. The molecular formula is C9H13N5O5. The van der Waals surface area contributed by atoms with Crippen LogP contribution in [0, 0.1) is 0 Å². The Morgan fingerprint density at radius 2 is 2.16 bits per heavy atom. The maximum Gasteiger partial charge on any atom is 0.334 e. The SMILES string of the molecule is C=C(O)[C@H](NC(=O)NCc1nc(CN)no1)C(=O)O. The van der Waals surface area contributed by atoms with Gasteiger partial charge in [-0.2, -0.15) is 4.98 Å². The van der Waals surface area contributed by atoms with Gasteiger partial charge < -0.3 is 31.1 Å². The highest BCUT2D eigenvalue weighted by Crippen LogP contribution is 1.97. The zero-order valence-corrected chi connectivity index (χ0v) is 9.79. The Labute approximate surface area is 107 Å². The molecule has 0 bridgehead atoms. The van der Waals surface area contributed by atoms with Crippen LogP contribution in [0.2, 0.25) is 0 Å². The Morgan fingerprint density at radius 3 is 2.63 bits per heavy atom. The number of hydrogen-bond donors (Lipinski definition) is 5. The highest BCUT2D eigenvalue weighted by molar-refractivity contribution is 5.84. The largest absolute Gasteiger partial charge is 0.510 e. The van der Waals surface area contributed by atoms with Crippen molar-refractivity contribution in [3.05, 3.63) is 24.1 Å². The van der Waals surface area contributed by atoms with E-state index in [1.54, 1.807) is 0 Å². The van der Waals surface area contributed by atoms with E-state index in [4.69, 9.17) is 20.5 Å². The monoisotopic (exact) mass is 271 g/mol. The van der Waals surface area contributed by atoms with Crippen LogP contribution in [-0.4, -0.2) is 38.4 Å². The topological polar surface area (TPSA) is 164 Å². The summed E-state index contributed by atoms with van der Waals surface area (Å²) in [5.74, 6) is -1.73. The normalized spacial score (nSPS) is 11.6. The molecule has 0 unspecified atom stereocenters. The molecule has 10 nitrogen and oxygen atoms in total. The van der Waals surface area contributed by atoms with Crippen molar-refractivity contribution in [1.82, 2.24) is 20.8 Å². The van der Waals surface area contributed by atoms with Crippen LogP contribution in [0.3, 0.4) is 0 Å². The minimum absolute atomic E-state index is 0.0983. The first kappa shape index (κ1) is 14.4. The molecule has 0 spiro atoms. The summed E-state index contributed by atoms with van der Waals surface area (Å²) in [6.07, 6.45) is 0. The van der Waals surface area contributed by atoms with E-state index in [0.29, 0.717) is 0 Å². The van der Waals surface area contributed by atoms with Crippen molar-refractivity contribution < 1.29 is 24.3 Å². The minimum Gasteiger partial charge on any atom is -0.510 e. The molecule has 1 aromatic heterocycles. The van der Waals surface area contributed by atoms with Crippen molar-refractivity contribution in [2.75, 3.05) is 0 Å². The van der Waals surface area contributed by atoms with Crippen LogP contribution in [0.25, 0.3) is 0 Å². The van der Waals surface area contributed by atoms with Crippen molar-refractivity contribution in [3.63, 3.8) is 0 Å². The Hall–Kier alpha value is -2.62. The highest BCUT2D eigenvalue weighted by Gasteiger charge is 2.22. The third-order valence-electron chi connectivity index (χ3n) is 1.95. The van der Waals surface area contributed by atoms with Crippen molar-refractivity contribution in [3.8, 4) is 0 Å². The average molecular weight is 271 g/mol. The van der Waals surface area contributed by atoms with Crippen LogP contribution in [0.4, 0.5) is 4.79 Å². The third kappa shape index (κ3) is 4.27. The number of amides is 2. The second-order valence-electron chi connectivity index (χ2n) is 3.40. The van der Waals surface area contributed by atoms with Gasteiger partial charge in [0.25, 0.3) is 0 Å². The zero-order valence-electron chi connectivity index (χ0n) is 9.79. The number of nitrogens with one attached hydrogen (secondary N) is 2. The molecule has 1 heterocycles. The summed E-state index contributed by atoms with van der Waals surface area (Å²) in [6.45, 7) is 3.03. The Morgan fingerprint density at radius 1 is 1.47 bits per heavy atom. The van der Waals surface area contributed by atoms with E-state index in [1.807, 2.05) is 5.32 Å². The van der Waals surface area contributed by atoms with Crippen molar-refractivity contribution in [2.24, 2.45) is 5.73 Å². The van der Waals surface area contributed by atoms with Gasteiger partial charge in [0.1, 0.15) is 5.76 Å². The molecule has 19 heavy (non-hydrogen) atoms. The Balaban J connectivity index is 2.47. The van der Waals surface area contributed by atoms with E-state index in [-0.39, 0.29) is 24.8 Å². The first-order chi connectivity index (χ1) is 8.93.